The predicted molar refractivity (Wildman–Crippen MR) is 74.1 cm³/mol. The van der Waals surface area contributed by atoms with Gasteiger partial charge in [0, 0.05) is 12.5 Å². The lowest BCUT2D eigenvalue weighted by Crippen LogP contribution is -2.42. The zero-order valence-electron chi connectivity index (χ0n) is 12.9. The van der Waals surface area contributed by atoms with E-state index in [1.165, 1.54) is 0 Å². The minimum absolute atomic E-state index is 0.0554. The number of carbonyl (C=O) groups is 1. The Balaban J connectivity index is 2.49. The van der Waals surface area contributed by atoms with Crippen molar-refractivity contribution in [3.05, 3.63) is 0 Å². The van der Waals surface area contributed by atoms with Crippen molar-refractivity contribution >= 4 is 5.91 Å². The van der Waals surface area contributed by atoms with Crippen LogP contribution in [0.15, 0.2) is 0 Å². The molecule has 0 aromatic rings. The Labute approximate surface area is 111 Å². The van der Waals surface area contributed by atoms with Crippen molar-refractivity contribution < 1.29 is 9.90 Å². The van der Waals surface area contributed by atoms with Gasteiger partial charge in [0.05, 0.1) is 5.60 Å². The molecule has 3 heteroatoms. The zero-order valence-corrected chi connectivity index (χ0v) is 12.9. The molecule has 0 saturated heterocycles. The number of hydrogen-bond donors (Lipinski definition) is 2. The van der Waals surface area contributed by atoms with Crippen LogP contribution in [0.1, 0.15) is 54.9 Å². The highest BCUT2D eigenvalue weighted by molar-refractivity contribution is 5.84. The van der Waals surface area contributed by atoms with Crippen LogP contribution in [-0.2, 0) is 4.79 Å². The van der Waals surface area contributed by atoms with E-state index in [0.717, 1.165) is 0 Å². The second kappa shape index (κ2) is 4.52. The van der Waals surface area contributed by atoms with Gasteiger partial charge in [0.1, 0.15) is 0 Å². The molecule has 3 nitrogen and oxygen atoms in total. The fourth-order valence-electron chi connectivity index (χ4n) is 3.18. The van der Waals surface area contributed by atoms with Crippen LogP contribution in [0.2, 0.25) is 0 Å². The second-order valence-corrected chi connectivity index (χ2v) is 7.69. The third-order valence-corrected chi connectivity index (χ3v) is 4.77. The number of rotatable bonds is 5. The van der Waals surface area contributed by atoms with E-state index < -0.39 is 5.60 Å². The van der Waals surface area contributed by atoms with Gasteiger partial charge in [-0.1, -0.05) is 41.5 Å². The van der Waals surface area contributed by atoms with Crippen LogP contribution in [0.4, 0.5) is 0 Å². The molecule has 0 aliphatic heterocycles. The molecule has 1 unspecified atom stereocenters. The number of amides is 1. The van der Waals surface area contributed by atoms with E-state index in [1.54, 1.807) is 6.92 Å². The van der Waals surface area contributed by atoms with E-state index in [1.807, 2.05) is 0 Å². The van der Waals surface area contributed by atoms with Crippen LogP contribution in [0.5, 0.6) is 0 Å². The van der Waals surface area contributed by atoms with Crippen LogP contribution in [0.25, 0.3) is 0 Å². The van der Waals surface area contributed by atoms with E-state index >= 15 is 0 Å². The summed E-state index contributed by atoms with van der Waals surface area (Å²) in [7, 11) is 0. The Morgan fingerprint density at radius 2 is 1.72 bits per heavy atom. The number of aliphatic hydroxyl groups is 1. The molecule has 1 aliphatic rings. The summed E-state index contributed by atoms with van der Waals surface area (Å²) in [5.74, 6) is 0.555. The molecule has 0 heterocycles. The Morgan fingerprint density at radius 1 is 1.28 bits per heavy atom. The van der Waals surface area contributed by atoms with Gasteiger partial charge in [0.25, 0.3) is 0 Å². The van der Waals surface area contributed by atoms with Crippen LogP contribution < -0.4 is 5.32 Å². The Hall–Kier alpha value is -0.570. The minimum atomic E-state index is -0.812. The normalized spacial score (nSPS) is 24.7. The summed E-state index contributed by atoms with van der Waals surface area (Å²) in [4.78, 5) is 12.1. The summed E-state index contributed by atoms with van der Waals surface area (Å²) in [5, 5.41) is 13.1. The van der Waals surface area contributed by atoms with Crippen LogP contribution in [0.3, 0.4) is 0 Å². The van der Waals surface area contributed by atoms with Gasteiger partial charge in [-0.25, -0.2) is 0 Å². The Bertz CT molecular complexity index is 315. The number of carbonyl (C=O) groups excluding carboxylic acids is 1. The summed E-state index contributed by atoms with van der Waals surface area (Å²) >= 11 is 0. The fraction of sp³-hybridized carbons (Fsp3) is 0.933. The first-order chi connectivity index (χ1) is 7.92. The quantitative estimate of drug-likeness (QED) is 0.793. The predicted octanol–water partition coefficient (Wildman–Crippen LogP) is 2.58. The van der Waals surface area contributed by atoms with Gasteiger partial charge in [-0.2, -0.15) is 0 Å². The van der Waals surface area contributed by atoms with Crippen molar-refractivity contribution in [2.24, 2.45) is 22.7 Å². The topological polar surface area (TPSA) is 49.3 Å². The summed E-state index contributed by atoms with van der Waals surface area (Å²) in [6.07, 6.45) is 0.699. The SMILES string of the molecule is CC(C)CC(C)(O)CNC(=O)C1C(C)(C)C1(C)C. The van der Waals surface area contributed by atoms with Crippen molar-refractivity contribution in [3.63, 3.8) is 0 Å². The highest BCUT2D eigenvalue weighted by Crippen LogP contribution is 2.68. The van der Waals surface area contributed by atoms with Gasteiger partial charge < -0.3 is 10.4 Å². The molecule has 1 amide bonds. The highest BCUT2D eigenvalue weighted by atomic mass is 16.3. The summed E-state index contributed by atoms with van der Waals surface area (Å²) < 4.78 is 0. The lowest BCUT2D eigenvalue weighted by molar-refractivity contribution is -0.124. The highest BCUT2D eigenvalue weighted by Gasteiger charge is 2.68. The van der Waals surface area contributed by atoms with Crippen molar-refractivity contribution in [2.75, 3.05) is 6.54 Å². The molecule has 1 fully saturated rings. The molecule has 0 aromatic carbocycles. The third-order valence-electron chi connectivity index (χ3n) is 4.77. The zero-order chi connectivity index (χ0) is 14.4. The first-order valence-corrected chi connectivity index (χ1v) is 6.92. The average Bonchev–Trinajstić information content (AvgIpc) is 2.52. The minimum Gasteiger partial charge on any atom is -0.388 e. The molecule has 1 atom stereocenters. The molecule has 1 aliphatic carbocycles. The van der Waals surface area contributed by atoms with Gasteiger partial charge in [0.15, 0.2) is 0 Å². The maximum atomic E-state index is 12.1. The molecular weight excluding hydrogens is 226 g/mol. The monoisotopic (exact) mass is 255 g/mol. The molecule has 0 bridgehead atoms. The molecule has 0 radical (unpaired) electrons. The first-order valence-electron chi connectivity index (χ1n) is 6.92. The largest absolute Gasteiger partial charge is 0.388 e. The van der Waals surface area contributed by atoms with Gasteiger partial charge in [-0.3, -0.25) is 4.79 Å². The molecule has 0 aromatic heterocycles. The van der Waals surface area contributed by atoms with Crippen LogP contribution in [0, 0.1) is 22.7 Å². The molecule has 1 saturated carbocycles. The number of nitrogens with one attached hydrogen (secondary N) is 1. The summed E-state index contributed by atoms with van der Waals surface area (Å²) in [6.45, 7) is 14.8. The molecule has 2 N–H and O–H groups in total. The lowest BCUT2D eigenvalue weighted by atomic mass is 9.94. The molecule has 18 heavy (non-hydrogen) atoms. The fourth-order valence-corrected chi connectivity index (χ4v) is 3.18. The second-order valence-electron chi connectivity index (χ2n) is 7.69. The van der Waals surface area contributed by atoms with E-state index in [9.17, 15) is 9.90 Å². The standard InChI is InChI=1S/C15H29NO2/c1-10(2)8-15(7,18)9-16-12(17)11-13(3,4)14(11,5)6/h10-11,18H,8-9H2,1-7H3,(H,16,17). The molecular formula is C15H29NO2. The Kier molecular flexibility index (Phi) is 3.89. The third kappa shape index (κ3) is 2.87. The van der Waals surface area contributed by atoms with Gasteiger partial charge in [-0.05, 0) is 30.1 Å². The van der Waals surface area contributed by atoms with Gasteiger partial charge >= 0.3 is 0 Å². The van der Waals surface area contributed by atoms with Crippen LogP contribution >= 0.6 is 0 Å². The van der Waals surface area contributed by atoms with Crippen molar-refractivity contribution in [3.8, 4) is 0 Å². The smallest absolute Gasteiger partial charge is 0.224 e. The number of hydrogen-bond acceptors (Lipinski definition) is 2. The van der Waals surface area contributed by atoms with Crippen molar-refractivity contribution in [2.45, 2.75) is 60.5 Å². The summed E-state index contributed by atoms with van der Waals surface area (Å²) in [6, 6.07) is 0. The van der Waals surface area contributed by atoms with E-state index in [2.05, 4.69) is 46.9 Å². The maximum absolute atomic E-state index is 12.1. The molecule has 1 rings (SSSR count). The molecule has 0 spiro atoms. The summed E-state index contributed by atoms with van der Waals surface area (Å²) in [5.41, 5.74) is -0.699. The van der Waals surface area contributed by atoms with Crippen LogP contribution in [-0.4, -0.2) is 23.2 Å². The van der Waals surface area contributed by atoms with E-state index in [0.29, 0.717) is 18.9 Å². The Morgan fingerprint density at radius 3 is 2.06 bits per heavy atom. The first kappa shape index (κ1) is 15.5. The maximum Gasteiger partial charge on any atom is 0.224 e. The van der Waals surface area contributed by atoms with Crippen molar-refractivity contribution in [1.82, 2.24) is 5.32 Å². The van der Waals surface area contributed by atoms with Crippen molar-refractivity contribution in [1.29, 1.82) is 0 Å². The van der Waals surface area contributed by atoms with Gasteiger partial charge in [-0.15, -0.1) is 0 Å². The van der Waals surface area contributed by atoms with Gasteiger partial charge in [0.2, 0.25) is 5.91 Å². The van der Waals surface area contributed by atoms with E-state index in [-0.39, 0.29) is 22.7 Å². The average molecular weight is 255 g/mol. The lowest BCUT2D eigenvalue weighted by Gasteiger charge is -2.25. The molecule has 106 valence electrons. The van der Waals surface area contributed by atoms with E-state index in [4.69, 9.17) is 0 Å².